The van der Waals surface area contributed by atoms with Gasteiger partial charge < -0.3 is 14.6 Å². The number of carboxylic acids is 1. The predicted molar refractivity (Wildman–Crippen MR) is 118 cm³/mol. The van der Waals surface area contributed by atoms with Crippen molar-refractivity contribution in [2.24, 2.45) is 4.99 Å². The molecular weight excluding hydrogens is 404 g/mol. The first-order valence-electron chi connectivity index (χ1n) is 9.42. The number of aromatic carboxylic acids is 1. The average molecular weight is 426 g/mol. The lowest BCUT2D eigenvalue weighted by Crippen LogP contribution is -2.23. The molecule has 0 radical (unpaired) electrons. The number of hydrogen-bond donors (Lipinski definition) is 1. The third-order valence-corrected chi connectivity index (χ3v) is 5.27. The molecule has 156 valence electrons. The van der Waals surface area contributed by atoms with Crippen LogP contribution in [-0.2, 0) is 4.79 Å². The molecule has 1 amide bonds. The van der Waals surface area contributed by atoms with E-state index < -0.39 is 5.97 Å². The van der Waals surface area contributed by atoms with Crippen molar-refractivity contribution < 1.29 is 24.2 Å². The molecule has 0 bridgehead atoms. The minimum Gasteiger partial charge on any atom is -0.490 e. The van der Waals surface area contributed by atoms with Crippen LogP contribution >= 0.6 is 11.8 Å². The van der Waals surface area contributed by atoms with E-state index in [1.165, 1.54) is 28.8 Å². The van der Waals surface area contributed by atoms with Gasteiger partial charge in [0.05, 0.1) is 29.4 Å². The maximum atomic E-state index is 12.7. The highest BCUT2D eigenvalue weighted by Gasteiger charge is 2.30. The van der Waals surface area contributed by atoms with Crippen LogP contribution in [0.25, 0.3) is 6.08 Å². The van der Waals surface area contributed by atoms with Crippen molar-refractivity contribution in [2.45, 2.75) is 13.8 Å². The van der Waals surface area contributed by atoms with E-state index in [1.807, 2.05) is 32.0 Å². The maximum absolute atomic E-state index is 12.7. The number of amidine groups is 1. The highest BCUT2D eigenvalue weighted by atomic mass is 32.2. The number of carbonyl (C=O) groups excluding carboxylic acids is 1. The largest absolute Gasteiger partial charge is 0.490 e. The number of amides is 1. The van der Waals surface area contributed by atoms with Gasteiger partial charge >= 0.3 is 5.97 Å². The lowest BCUT2D eigenvalue weighted by molar-refractivity contribution is -0.121. The van der Waals surface area contributed by atoms with Crippen LogP contribution in [0.15, 0.2) is 52.4 Å². The molecule has 2 aromatic rings. The van der Waals surface area contributed by atoms with Gasteiger partial charge in [0.1, 0.15) is 0 Å². The summed E-state index contributed by atoms with van der Waals surface area (Å²) in [4.78, 5) is 30.1. The van der Waals surface area contributed by atoms with Crippen LogP contribution in [0.4, 0.5) is 5.69 Å². The Bertz CT molecular complexity index is 1010. The number of carboxylic acid groups (broad SMARTS) is 1. The van der Waals surface area contributed by atoms with Gasteiger partial charge in [0, 0.05) is 7.05 Å². The van der Waals surface area contributed by atoms with Gasteiger partial charge in [-0.15, -0.1) is 0 Å². The van der Waals surface area contributed by atoms with E-state index in [0.29, 0.717) is 40.5 Å². The van der Waals surface area contributed by atoms with Crippen LogP contribution in [0.5, 0.6) is 11.5 Å². The molecule has 0 spiro atoms. The molecule has 0 saturated carbocycles. The minimum absolute atomic E-state index is 0.159. The molecule has 0 aromatic heterocycles. The quantitative estimate of drug-likeness (QED) is 0.660. The number of thioether (sulfide) groups is 1. The van der Waals surface area contributed by atoms with Gasteiger partial charge in [0.2, 0.25) is 0 Å². The number of carbonyl (C=O) groups is 2. The molecule has 1 saturated heterocycles. The maximum Gasteiger partial charge on any atom is 0.335 e. The molecule has 8 heteroatoms. The van der Waals surface area contributed by atoms with E-state index in [1.54, 1.807) is 25.3 Å². The second kappa shape index (κ2) is 9.49. The summed E-state index contributed by atoms with van der Waals surface area (Å²) in [5, 5.41) is 9.51. The standard InChI is InChI=1S/C22H22N2O5S/c1-4-28-17-11-6-14(12-18(17)29-5-2)13-19-20(25)24(3)22(30-19)23-16-9-7-15(8-10-16)21(26)27/h6-13H,4-5H2,1-3H3,(H,26,27)/b19-13-,23-22?. The zero-order valence-electron chi connectivity index (χ0n) is 16.9. The van der Waals surface area contributed by atoms with Gasteiger partial charge in [0.15, 0.2) is 16.7 Å². The monoisotopic (exact) mass is 426 g/mol. The fraction of sp³-hybridized carbons (Fsp3) is 0.227. The average Bonchev–Trinajstić information content (AvgIpc) is 2.98. The van der Waals surface area contributed by atoms with Crippen molar-refractivity contribution in [2.75, 3.05) is 20.3 Å². The van der Waals surface area contributed by atoms with Crippen molar-refractivity contribution in [1.82, 2.24) is 4.90 Å². The van der Waals surface area contributed by atoms with Crippen LogP contribution in [0.3, 0.4) is 0 Å². The Labute approximate surface area is 179 Å². The summed E-state index contributed by atoms with van der Waals surface area (Å²) in [6.45, 7) is 4.85. The fourth-order valence-corrected chi connectivity index (χ4v) is 3.74. The zero-order valence-corrected chi connectivity index (χ0v) is 17.7. The highest BCUT2D eigenvalue weighted by molar-refractivity contribution is 8.18. The molecule has 1 N–H and O–H groups in total. The molecular formula is C22H22N2O5S. The molecule has 2 aromatic carbocycles. The molecule has 3 rings (SSSR count). The Hall–Kier alpha value is -3.26. The van der Waals surface area contributed by atoms with Gasteiger partial charge in [0.25, 0.3) is 5.91 Å². The lowest BCUT2D eigenvalue weighted by Gasteiger charge is -2.11. The van der Waals surface area contributed by atoms with Crippen LogP contribution in [0.1, 0.15) is 29.8 Å². The first-order chi connectivity index (χ1) is 14.4. The molecule has 1 fully saturated rings. The van der Waals surface area contributed by atoms with E-state index in [-0.39, 0.29) is 11.5 Å². The number of hydrogen-bond acceptors (Lipinski definition) is 6. The summed E-state index contributed by atoms with van der Waals surface area (Å²) >= 11 is 1.26. The number of aliphatic imine (C=N–C) groups is 1. The Balaban J connectivity index is 1.85. The van der Waals surface area contributed by atoms with Crippen LogP contribution in [0, 0.1) is 0 Å². The second-order valence-electron chi connectivity index (χ2n) is 6.29. The molecule has 0 unspecified atom stereocenters. The molecule has 1 aliphatic heterocycles. The SMILES string of the molecule is CCOc1ccc(/C=C2\SC(=Nc3ccc(C(=O)O)cc3)N(C)C2=O)cc1OCC. The number of benzene rings is 2. The number of ether oxygens (including phenoxy) is 2. The van der Waals surface area contributed by atoms with Crippen molar-refractivity contribution in [3.8, 4) is 11.5 Å². The van der Waals surface area contributed by atoms with E-state index in [0.717, 1.165) is 5.56 Å². The predicted octanol–water partition coefficient (Wildman–Crippen LogP) is 4.42. The van der Waals surface area contributed by atoms with Gasteiger partial charge in [-0.1, -0.05) is 6.07 Å². The minimum atomic E-state index is -0.997. The van der Waals surface area contributed by atoms with E-state index in [9.17, 15) is 9.59 Å². The highest BCUT2D eigenvalue weighted by Crippen LogP contribution is 2.35. The second-order valence-corrected chi connectivity index (χ2v) is 7.30. The summed E-state index contributed by atoms with van der Waals surface area (Å²) in [7, 11) is 1.66. The molecule has 0 atom stereocenters. The van der Waals surface area contributed by atoms with Crippen molar-refractivity contribution in [1.29, 1.82) is 0 Å². The molecule has 30 heavy (non-hydrogen) atoms. The van der Waals surface area contributed by atoms with Gasteiger partial charge in [-0.2, -0.15) is 0 Å². The lowest BCUT2D eigenvalue weighted by atomic mass is 10.2. The fourth-order valence-electron chi connectivity index (χ4n) is 2.75. The van der Waals surface area contributed by atoms with E-state index in [4.69, 9.17) is 14.6 Å². The van der Waals surface area contributed by atoms with Crippen LogP contribution < -0.4 is 9.47 Å². The number of likely N-dealkylation sites (N-methyl/N-ethyl adjacent to an activating group) is 1. The van der Waals surface area contributed by atoms with Gasteiger partial charge in [-0.05, 0) is 73.6 Å². The summed E-state index contributed by atoms with van der Waals surface area (Å²) in [6.07, 6.45) is 1.79. The summed E-state index contributed by atoms with van der Waals surface area (Å²) < 4.78 is 11.2. The first kappa shape index (κ1) is 21.4. The smallest absolute Gasteiger partial charge is 0.335 e. The Morgan fingerprint density at radius 2 is 1.77 bits per heavy atom. The van der Waals surface area contributed by atoms with Crippen molar-refractivity contribution >= 4 is 40.6 Å². The van der Waals surface area contributed by atoms with Crippen LogP contribution in [0.2, 0.25) is 0 Å². The molecule has 0 aliphatic carbocycles. The zero-order chi connectivity index (χ0) is 21.7. The van der Waals surface area contributed by atoms with Gasteiger partial charge in [-0.25, -0.2) is 9.79 Å². The summed E-state index contributed by atoms with van der Waals surface area (Å²) in [6, 6.07) is 11.7. The third kappa shape index (κ3) is 4.83. The normalized spacial score (nSPS) is 16.4. The Kier molecular flexibility index (Phi) is 6.79. The number of rotatable bonds is 7. The van der Waals surface area contributed by atoms with Crippen molar-refractivity contribution in [3.05, 3.63) is 58.5 Å². The Morgan fingerprint density at radius 1 is 1.10 bits per heavy atom. The number of nitrogens with zero attached hydrogens (tertiary/aromatic N) is 2. The van der Waals surface area contributed by atoms with E-state index >= 15 is 0 Å². The van der Waals surface area contributed by atoms with E-state index in [2.05, 4.69) is 4.99 Å². The van der Waals surface area contributed by atoms with Crippen molar-refractivity contribution in [3.63, 3.8) is 0 Å². The van der Waals surface area contributed by atoms with Gasteiger partial charge in [-0.3, -0.25) is 9.69 Å². The molecule has 1 heterocycles. The summed E-state index contributed by atoms with van der Waals surface area (Å²) in [5.74, 6) is 0.137. The third-order valence-electron chi connectivity index (χ3n) is 4.21. The molecule has 1 aliphatic rings. The topological polar surface area (TPSA) is 88.4 Å². The summed E-state index contributed by atoms with van der Waals surface area (Å²) in [5.41, 5.74) is 1.57. The van der Waals surface area contributed by atoms with Crippen LogP contribution in [-0.4, -0.2) is 47.3 Å². The molecule has 7 nitrogen and oxygen atoms in total. The Morgan fingerprint density at radius 3 is 2.40 bits per heavy atom. The first-order valence-corrected chi connectivity index (χ1v) is 10.2.